The normalized spacial score (nSPS) is 21.4. The molecule has 2 fully saturated rings. The minimum absolute atomic E-state index is 0.0628. The number of hydroxylamine groups is 3. The first-order valence-electron chi connectivity index (χ1n) is 8.16. The summed E-state index contributed by atoms with van der Waals surface area (Å²) in [7, 11) is -5.54. The molecule has 2 bridgehead atoms. The summed E-state index contributed by atoms with van der Waals surface area (Å²) >= 11 is 0. The Kier molecular flexibility index (Phi) is 6.93. The van der Waals surface area contributed by atoms with E-state index in [1.54, 1.807) is 0 Å². The van der Waals surface area contributed by atoms with Crippen LogP contribution in [0.1, 0.15) is 12.8 Å². The molecule has 3 amide bonds. The standard InChI is InChI=1S/C12H17F3N6O8S/c13-12(14,15)9(23)28-30(25,26)29-21-6-1-2-7(20(5-6)11(21)24)8(22)19-27-4-3-18-10(16)17/h6-7H,1-5H2,(H,19,22)(H4,16,17,18)/t6-,7+/m1/s1. The molecule has 30 heavy (non-hydrogen) atoms. The van der Waals surface area contributed by atoms with Gasteiger partial charge in [0.2, 0.25) is 0 Å². The second-order valence-electron chi connectivity index (χ2n) is 6.01. The highest BCUT2D eigenvalue weighted by atomic mass is 32.3. The molecule has 0 aromatic heterocycles. The summed E-state index contributed by atoms with van der Waals surface area (Å²) in [6.07, 6.45) is -5.46. The summed E-state index contributed by atoms with van der Waals surface area (Å²) in [4.78, 5) is 41.0. The zero-order valence-corrected chi connectivity index (χ0v) is 15.8. The zero-order chi connectivity index (χ0) is 22.7. The first kappa shape index (κ1) is 23.4. The molecule has 0 unspecified atom stereocenters. The average Bonchev–Trinajstić information content (AvgIpc) is 2.84. The van der Waals surface area contributed by atoms with Crippen LogP contribution in [0.3, 0.4) is 0 Å². The van der Waals surface area contributed by atoms with Gasteiger partial charge in [0.05, 0.1) is 12.6 Å². The number of carbonyl (C=O) groups excluding carboxylic acids is 3. The number of guanidine groups is 1. The number of rotatable bonds is 8. The van der Waals surface area contributed by atoms with Crippen molar-refractivity contribution in [1.29, 1.82) is 5.41 Å². The fraction of sp³-hybridized carbons (Fsp3) is 0.667. The molecule has 0 saturated carbocycles. The van der Waals surface area contributed by atoms with Gasteiger partial charge >= 0.3 is 28.6 Å². The number of nitrogens with two attached hydrogens (primary N) is 1. The highest BCUT2D eigenvalue weighted by Crippen LogP contribution is 2.31. The van der Waals surface area contributed by atoms with Crippen LogP contribution in [0.15, 0.2) is 0 Å². The minimum atomic E-state index is -5.59. The molecule has 2 heterocycles. The number of fused-ring (bicyclic) bond motifs is 2. The Hall–Kier alpha value is -2.86. The molecule has 2 saturated heterocycles. The van der Waals surface area contributed by atoms with E-state index in [0.717, 1.165) is 4.90 Å². The van der Waals surface area contributed by atoms with Gasteiger partial charge in [0.25, 0.3) is 5.91 Å². The Balaban J connectivity index is 1.93. The third kappa shape index (κ3) is 5.83. The van der Waals surface area contributed by atoms with Gasteiger partial charge in [0, 0.05) is 13.1 Å². The third-order valence-electron chi connectivity index (χ3n) is 3.90. The highest BCUT2D eigenvalue weighted by molar-refractivity contribution is 7.82. The van der Waals surface area contributed by atoms with Gasteiger partial charge in [-0.1, -0.05) is 0 Å². The van der Waals surface area contributed by atoms with Crippen LogP contribution in [0.5, 0.6) is 0 Å². The van der Waals surface area contributed by atoms with Crippen molar-refractivity contribution in [2.75, 3.05) is 19.7 Å². The number of hydrogen-bond donors (Lipinski definition) is 4. The van der Waals surface area contributed by atoms with Crippen molar-refractivity contribution >= 4 is 34.3 Å². The predicted octanol–water partition coefficient (Wildman–Crippen LogP) is -1.93. The van der Waals surface area contributed by atoms with Gasteiger partial charge < -0.3 is 20.1 Å². The summed E-state index contributed by atoms with van der Waals surface area (Å²) in [6, 6.07) is -3.09. The Morgan fingerprint density at radius 2 is 1.97 bits per heavy atom. The summed E-state index contributed by atoms with van der Waals surface area (Å²) in [5.74, 6) is -4.08. The summed E-state index contributed by atoms with van der Waals surface area (Å²) in [6.45, 7) is -0.112. The van der Waals surface area contributed by atoms with E-state index in [-0.39, 0.29) is 43.6 Å². The van der Waals surface area contributed by atoms with E-state index in [1.807, 2.05) is 0 Å². The molecular weight excluding hydrogens is 445 g/mol. The lowest BCUT2D eigenvalue weighted by molar-refractivity contribution is -0.191. The van der Waals surface area contributed by atoms with Crippen LogP contribution < -0.4 is 16.5 Å². The SMILES string of the molecule is N=C(N)NCCONC(=O)[C@@H]1CC[C@@H]2CN1C(=O)N2OS(=O)(=O)OC(=O)C(F)(F)F. The van der Waals surface area contributed by atoms with Crippen molar-refractivity contribution in [1.82, 2.24) is 20.8 Å². The number of alkyl halides is 3. The molecule has 170 valence electrons. The lowest BCUT2D eigenvalue weighted by Gasteiger charge is -2.28. The molecule has 5 N–H and O–H groups in total. The van der Waals surface area contributed by atoms with Crippen LogP contribution in [0, 0.1) is 5.41 Å². The van der Waals surface area contributed by atoms with Crippen LogP contribution in [0.2, 0.25) is 0 Å². The lowest BCUT2D eigenvalue weighted by atomic mass is 10.0. The molecule has 18 heteroatoms. The quantitative estimate of drug-likeness (QED) is 0.137. The van der Waals surface area contributed by atoms with E-state index in [9.17, 15) is 36.0 Å². The molecule has 2 atom stereocenters. The highest BCUT2D eigenvalue weighted by Gasteiger charge is 2.51. The van der Waals surface area contributed by atoms with Gasteiger partial charge in [-0.25, -0.2) is 15.1 Å². The fourth-order valence-corrected chi connectivity index (χ4v) is 3.38. The third-order valence-corrected chi connectivity index (χ3v) is 4.60. The van der Waals surface area contributed by atoms with Gasteiger partial charge in [-0.05, 0) is 12.8 Å². The van der Waals surface area contributed by atoms with E-state index in [1.165, 1.54) is 0 Å². The van der Waals surface area contributed by atoms with Crippen LogP contribution in [-0.4, -0.2) is 80.2 Å². The Bertz CT molecular complexity index is 821. The van der Waals surface area contributed by atoms with E-state index >= 15 is 0 Å². The topological polar surface area (TPSA) is 193 Å². The number of hydrogen-bond acceptors (Lipinski definition) is 9. The Morgan fingerprint density at radius 1 is 1.30 bits per heavy atom. The van der Waals surface area contributed by atoms with Crippen molar-refractivity contribution < 1.29 is 49.3 Å². The number of halogens is 3. The smallest absolute Gasteiger partial charge is 0.370 e. The van der Waals surface area contributed by atoms with Crippen molar-refractivity contribution in [3.8, 4) is 0 Å². The monoisotopic (exact) mass is 462 g/mol. The van der Waals surface area contributed by atoms with E-state index in [0.29, 0.717) is 0 Å². The summed E-state index contributed by atoms with van der Waals surface area (Å²) < 4.78 is 67.0. The first-order valence-corrected chi connectivity index (χ1v) is 9.49. The van der Waals surface area contributed by atoms with Crippen molar-refractivity contribution in [3.05, 3.63) is 0 Å². The predicted molar refractivity (Wildman–Crippen MR) is 86.9 cm³/mol. The van der Waals surface area contributed by atoms with Crippen LogP contribution >= 0.6 is 0 Å². The van der Waals surface area contributed by atoms with E-state index in [2.05, 4.69) is 19.3 Å². The molecule has 0 radical (unpaired) electrons. The summed E-state index contributed by atoms with van der Waals surface area (Å²) in [5, 5.41) is 9.60. The maximum atomic E-state index is 12.3. The van der Waals surface area contributed by atoms with Crippen molar-refractivity contribution in [2.45, 2.75) is 31.1 Å². The number of carbonyl (C=O) groups is 3. The van der Waals surface area contributed by atoms with Crippen molar-refractivity contribution in [3.63, 3.8) is 0 Å². The zero-order valence-electron chi connectivity index (χ0n) is 15.0. The molecule has 14 nitrogen and oxygen atoms in total. The molecule has 2 aliphatic rings. The summed E-state index contributed by atoms with van der Waals surface area (Å²) in [5.41, 5.74) is 7.13. The minimum Gasteiger partial charge on any atom is -0.370 e. The van der Waals surface area contributed by atoms with Gasteiger partial charge in [0.15, 0.2) is 5.96 Å². The molecule has 0 spiro atoms. The Labute approximate surface area is 167 Å². The second-order valence-corrected chi connectivity index (χ2v) is 7.15. The number of amides is 3. The molecule has 0 aromatic carbocycles. The van der Waals surface area contributed by atoms with E-state index in [4.69, 9.17) is 16.0 Å². The number of nitrogens with zero attached hydrogens (tertiary/aromatic N) is 2. The van der Waals surface area contributed by atoms with Gasteiger partial charge in [0.1, 0.15) is 6.04 Å². The molecular formula is C12H17F3N6O8S. The fourth-order valence-electron chi connectivity index (χ4n) is 2.68. The van der Waals surface area contributed by atoms with Crippen LogP contribution in [0.25, 0.3) is 0 Å². The van der Waals surface area contributed by atoms with E-state index < -0.39 is 46.6 Å². The Morgan fingerprint density at radius 3 is 2.57 bits per heavy atom. The van der Waals surface area contributed by atoms with Gasteiger partial charge in [-0.2, -0.15) is 26.7 Å². The van der Waals surface area contributed by atoms with Crippen LogP contribution in [0.4, 0.5) is 18.0 Å². The molecule has 0 aromatic rings. The van der Waals surface area contributed by atoms with Gasteiger partial charge in [-0.3, -0.25) is 15.0 Å². The lowest BCUT2D eigenvalue weighted by Crippen LogP contribution is -2.50. The van der Waals surface area contributed by atoms with Gasteiger partial charge in [-0.15, -0.1) is 4.28 Å². The molecule has 2 aliphatic heterocycles. The second kappa shape index (κ2) is 8.88. The maximum absolute atomic E-state index is 12.3. The first-order chi connectivity index (χ1) is 13.8. The number of piperidine rings is 1. The van der Waals surface area contributed by atoms with Crippen molar-refractivity contribution in [2.24, 2.45) is 5.73 Å². The molecule has 2 rings (SSSR count). The maximum Gasteiger partial charge on any atom is 0.492 e. The largest absolute Gasteiger partial charge is 0.492 e. The molecule has 0 aliphatic carbocycles. The average molecular weight is 462 g/mol. The number of urea groups is 1. The number of nitrogens with one attached hydrogen (secondary N) is 3. The van der Waals surface area contributed by atoms with Crippen LogP contribution in [-0.2, 0) is 33.3 Å².